The summed E-state index contributed by atoms with van der Waals surface area (Å²) in [5.74, 6) is 2.54. The van der Waals surface area contributed by atoms with Gasteiger partial charge in [-0.2, -0.15) is 9.83 Å². The van der Waals surface area contributed by atoms with Crippen molar-refractivity contribution >= 4 is 5.91 Å². The molecule has 3 rings (SSSR count). The SMILES string of the molecule is C#C[C@@H]1CCCCc2c(C(=O)N[C@H](CO)C(C)(C)C)nn(-c3c[n+]([O-])ccn3)c21. The minimum atomic E-state index is -0.427. The van der Waals surface area contributed by atoms with Gasteiger partial charge in [-0.05, 0) is 24.7 Å². The van der Waals surface area contributed by atoms with Crippen LogP contribution in [0, 0.1) is 23.0 Å². The summed E-state index contributed by atoms with van der Waals surface area (Å²) in [5, 5.41) is 28.9. The van der Waals surface area contributed by atoms with E-state index >= 15 is 0 Å². The Morgan fingerprint density at radius 2 is 2.28 bits per heavy atom. The number of fused-ring (bicyclic) bond motifs is 1. The molecule has 2 N–H and O–H groups in total. The molecule has 0 fully saturated rings. The summed E-state index contributed by atoms with van der Waals surface area (Å²) in [6.07, 6.45) is 13.1. The molecule has 0 radical (unpaired) electrons. The van der Waals surface area contributed by atoms with Crippen LogP contribution in [0.3, 0.4) is 0 Å². The Balaban J connectivity index is 2.11. The largest absolute Gasteiger partial charge is 0.619 e. The van der Waals surface area contributed by atoms with Gasteiger partial charge in [0.25, 0.3) is 5.91 Å². The van der Waals surface area contributed by atoms with E-state index in [1.54, 1.807) is 0 Å². The molecular weight excluding hydrogens is 370 g/mol. The Kier molecular flexibility index (Phi) is 5.89. The average molecular weight is 397 g/mol. The van der Waals surface area contributed by atoms with E-state index in [4.69, 9.17) is 6.42 Å². The van der Waals surface area contributed by atoms with Crippen LogP contribution in [0.25, 0.3) is 5.82 Å². The Morgan fingerprint density at radius 1 is 1.52 bits per heavy atom. The first kappa shape index (κ1) is 20.8. The molecule has 8 nitrogen and oxygen atoms in total. The van der Waals surface area contributed by atoms with Crippen molar-refractivity contribution in [3.05, 3.63) is 40.7 Å². The van der Waals surface area contributed by atoms with Gasteiger partial charge in [-0.1, -0.05) is 33.1 Å². The molecule has 1 aliphatic rings. The van der Waals surface area contributed by atoms with Crippen LogP contribution in [0.2, 0.25) is 0 Å². The summed E-state index contributed by atoms with van der Waals surface area (Å²) in [4.78, 5) is 17.4. The number of nitrogens with zero attached hydrogens (tertiary/aromatic N) is 4. The maximum Gasteiger partial charge on any atom is 0.272 e. The molecule has 0 saturated heterocycles. The maximum absolute atomic E-state index is 13.1. The first-order chi connectivity index (χ1) is 13.8. The van der Waals surface area contributed by atoms with Crippen LogP contribution in [0.1, 0.15) is 67.7 Å². The summed E-state index contributed by atoms with van der Waals surface area (Å²) in [6.45, 7) is 5.66. The van der Waals surface area contributed by atoms with Gasteiger partial charge in [0.05, 0.1) is 30.5 Å². The van der Waals surface area contributed by atoms with Crippen LogP contribution >= 0.6 is 0 Å². The first-order valence-corrected chi connectivity index (χ1v) is 9.81. The fourth-order valence-electron chi connectivity index (χ4n) is 3.61. The number of aliphatic hydroxyl groups excluding tert-OH is 1. The van der Waals surface area contributed by atoms with E-state index in [9.17, 15) is 15.1 Å². The fourth-order valence-corrected chi connectivity index (χ4v) is 3.61. The van der Waals surface area contributed by atoms with E-state index in [-0.39, 0.29) is 29.5 Å². The topological polar surface area (TPSA) is 107 Å². The van der Waals surface area contributed by atoms with Crippen molar-refractivity contribution in [2.75, 3.05) is 6.61 Å². The second-order valence-corrected chi connectivity index (χ2v) is 8.44. The highest BCUT2D eigenvalue weighted by Gasteiger charge is 2.33. The fraction of sp³-hybridized carbons (Fsp3) is 0.524. The molecule has 154 valence electrons. The number of aliphatic hydroxyl groups is 1. The third-order valence-corrected chi connectivity index (χ3v) is 5.35. The molecule has 0 aliphatic heterocycles. The van der Waals surface area contributed by atoms with Gasteiger partial charge in [-0.3, -0.25) is 4.79 Å². The zero-order valence-corrected chi connectivity index (χ0v) is 17.1. The van der Waals surface area contributed by atoms with Crippen LogP contribution in [0.5, 0.6) is 0 Å². The van der Waals surface area contributed by atoms with E-state index < -0.39 is 6.04 Å². The van der Waals surface area contributed by atoms with E-state index in [1.807, 2.05) is 20.8 Å². The second-order valence-electron chi connectivity index (χ2n) is 8.44. The molecule has 1 amide bonds. The number of hydrogen-bond donors (Lipinski definition) is 2. The summed E-state index contributed by atoms with van der Waals surface area (Å²) in [5.41, 5.74) is 1.48. The van der Waals surface area contributed by atoms with Gasteiger partial charge in [0.1, 0.15) is 0 Å². The number of carbonyl (C=O) groups excluding carboxylic acids is 1. The number of nitrogens with one attached hydrogen (secondary N) is 1. The molecular formula is C21H27N5O3. The van der Waals surface area contributed by atoms with E-state index in [0.29, 0.717) is 17.0 Å². The molecule has 2 aromatic rings. The predicted octanol–water partition coefficient (Wildman–Crippen LogP) is 1.48. The number of rotatable bonds is 4. The van der Waals surface area contributed by atoms with Crippen LogP contribution < -0.4 is 10.0 Å². The third-order valence-electron chi connectivity index (χ3n) is 5.35. The maximum atomic E-state index is 13.1. The van der Waals surface area contributed by atoms with E-state index in [1.165, 1.54) is 23.3 Å². The molecule has 1 aliphatic carbocycles. The number of hydrogen-bond acceptors (Lipinski definition) is 5. The van der Waals surface area contributed by atoms with Gasteiger partial charge in [-0.25, -0.2) is 9.67 Å². The molecule has 29 heavy (non-hydrogen) atoms. The van der Waals surface area contributed by atoms with Gasteiger partial charge < -0.3 is 15.6 Å². The summed E-state index contributed by atoms with van der Waals surface area (Å²) >= 11 is 0. The molecule has 2 heterocycles. The highest BCUT2D eigenvalue weighted by molar-refractivity contribution is 5.94. The lowest BCUT2D eigenvalue weighted by atomic mass is 9.87. The van der Waals surface area contributed by atoms with E-state index in [0.717, 1.165) is 30.5 Å². The number of amides is 1. The quantitative estimate of drug-likeness (QED) is 0.352. The summed E-state index contributed by atoms with van der Waals surface area (Å²) in [7, 11) is 0. The molecule has 0 spiro atoms. The zero-order valence-electron chi connectivity index (χ0n) is 17.1. The van der Waals surface area contributed by atoms with Gasteiger partial charge in [0.2, 0.25) is 12.0 Å². The Bertz CT molecular complexity index is 939. The van der Waals surface area contributed by atoms with Crippen LogP contribution in [-0.4, -0.2) is 38.4 Å². The van der Waals surface area contributed by atoms with Crippen molar-refractivity contribution in [3.63, 3.8) is 0 Å². The lowest BCUT2D eigenvalue weighted by molar-refractivity contribution is -0.605. The second kappa shape index (κ2) is 8.21. The van der Waals surface area contributed by atoms with E-state index in [2.05, 4.69) is 21.3 Å². The monoisotopic (exact) mass is 397 g/mol. The summed E-state index contributed by atoms with van der Waals surface area (Å²) < 4.78 is 2.17. The lowest BCUT2D eigenvalue weighted by Gasteiger charge is -2.29. The standard InChI is InChI=1S/C21H27N5O3/c1-5-14-8-6-7-9-15-18(20(28)23-16(13-27)21(2,3)4)24-26(19(14)15)17-12-25(29)11-10-22-17/h1,10-12,14,16,27H,6-9,13H2,2-4H3,(H,23,28)/t14-,16-/m1/s1. The predicted molar refractivity (Wildman–Crippen MR) is 107 cm³/mol. The Morgan fingerprint density at radius 3 is 2.90 bits per heavy atom. The summed E-state index contributed by atoms with van der Waals surface area (Å²) in [6, 6.07) is -0.427. The number of carbonyl (C=O) groups is 1. The molecule has 0 bridgehead atoms. The average Bonchev–Trinajstić information content (AvgIpc) is 2.91. The highest BCUT2D eigenvalue weighted by Crippen LogP contribution is 2.33. The molecule has 0 saturated carbocycles. The highest BCUT2D eigenvalue weighted by atomic mass is 16.5. The van der Waals surface area contributed by atoms with Crippen molar-refractivity contribution in [2.45, 2.75) is 58.4 Å². The number of terminal acetylenes is 1. The Labute approximate surface area is 170 Å². The van der Waals surface area contributed by atoms with Gasteiger partial charge in [-0.15, -0.1) is 6.42 Å². The molecule has 2 atom stereocenters. The first-order valence-electron chi connectivity index (χ1n) is 9.81. The molecule has 8 heteroatoms. The van der Waals surface area contributed by atoms with Gasteiger partial charge in [0, 0.05) is 5.56 Å². The van der Waals surface area contributed by atoms with Gasteiger partial charge >= 0.3 is 0 Å². The van der Waals surface area contributed by atoms with Crippen LogP contribution in [-0.2, 0) is 6.42 Å². The van der Waals surface area contributed by atoms with Crippen LogP contribution in [0.15, 0.2) is 18.6 Å². The smallest absolute Gasteiger partial charge is 0.272 e. The molecule has 0 unspecified atom stereocenters. The normalized spacial score (nSPS) is 17.7. The lowest BCUT2D eigenvalue weighted by Crippen LogP contribution is -2.46. The third kappa shape index (κ3) is 4.25. The van der Waals surface area contributed by atoms with Crippen molar-refractivity contribution in [1.29, 1.82) is 0 Å². The Hall–Kier alpha value is -2.92. The molecule has 0 aromatic carbocycles. The number of aromatic nitrogens is 4. The minimum Gasteiger partial charge on any atom is -0.619 e. The van der Waals surface area contributed by atoms with Crippen molar-refractivity contribution in [1.82, 2.24) is 20.1 Å². The zero-order chi connectivity index (χ0) is 21.2. The van der Waals surface area contributed by atoms with Gasteiger partial charge in [0.15, 0.2) is 11.9 Å². The van der Waals surface area contributed by atoms with Crippen molar-refractivity contribution in [2.24, 2.45) is 5.41 Å². The van der Waals surface area contributed by atoms with Crippen molar-refractivity contribution in [3.8, 4) is 18.2 Å². The molecule has 2 aromatic heterocycles. The minimum absolute atomic E-state index is 0.179. The van der Waals surface area contributed by atoms with Crippen LogP contribution in [0.4, 0.5) is 0 Å². The van der Waals surface area contributed by atoms with Crippen molar-refractivity contribution < 1.29 is 14.6 Å².